The van der Waals surface area contributed by atoms with Gasteiger partial charge < -0.3 is 15.8 Å². The van der Waals surface area contributed by atoms with Crippen molar-refractivity contribution in [2.45, 2.75) is 19.3 Å². The second-order valence-corrected chi connectivity index (χ2v) is 5.30. The first kappa shape index (κ1) is 15.9. The van der Waals surface area contributed by atoms with E-state index in [1.165, 1.54) is 18.2 Å². The van der Waals surface area contributed by atoms with Gasteiger partial charge in [-0.2, -0.15) is 0 Å². The molecular weight excluding hydrogens is 278 g/mol. The molecule has 1 aliphatic rings. The zero-order valence-corrected chi connectivity index (χ0v) is 11.8. The molecule has 0 unspecified atom stereocenters. The topological polar surface area (TPSA) is 64.4 Å². The molecule has 4 nitrogen and oxygen atoms in total. The van der Waals surface area contributed by atoms with Gasteiger partial charge >= 0.3 is 0 Å². The van der Waals surface area contributed by atoms with Crippen molar-refractivity contribution < 1.29 is 18.3 Å². The number of nitrogens with two attached hydrogens (primary N) is 1. The maximum Gasteiger partial charge on any atom is 0.227 e. The Hall–Kier alpha value is -1.53. The summed E-state index contributed by atoms with van der Waals surface area (Å²) < 4.78 is 32.2. The third-order valence-corrected chi connectivity index (χ3v) is 4.04. The SMILES string of the molecule is NCC1(C(=O)NCCc2c(F)cccc2F)CCOCC1. The summed E-state index contributed by atoms with van der Waals surface area (Å²) in [5.41, 5.74) is 5.11. The van der Waals surface area contributed by atoms with Gasteiger partial charge in [0.2, 0.25) is 5.91 Å². The Morgan fingerprint density at radius 3 is 2.48 bits per heavy atom. The fraction of sp³-hybridized carbons (Fsp3) is 0.533. The van der Waals surface area contributed by atoms with Crippen LogP contribution in [0, 0.1) is 17.0 Å². The maximum absolute atomic E-state index is 13.5. The van der Waals surface area contributed by atoms with Gasteiger partial charge in [-0.05, 0) is 31.4 Å². The molecule has 0 aliphatic carbocycles. The van der Waals surface area contributed by atoms with Gasteiger partial charge in [0.25, 0.3) is 0 Å². The Kier molecular flexibility index (Phi) is 5.25. The van der Waals surface area contributed by atoms with Gasteiger partial charge in [0.15, 0.2) is 0 Å². The Bertz CT molecular complexity index is 482. The van der Waals surface area contributed by atoms with Gasteiger partial charge in [-0.15, -0.1) is 0 Å². The van der Waals surface area contributed by atoms with Crippen molar-refractivity contribution in [3.8, 4) is 0 Å². The van der Waals surface area contributed by atoms with Crippen molar-refractivity contribution >= 4 is 5.91 Å². The fourth-order valence-electron chi connectivity index (χ4n) is 2.55. The van der Waals surface area contributed by atoms with Crippen LogP contribution in [0.25, 0.3) is 0 Å². The molecule has 2 rings (SSSR count). The summed E-state index contributed by atoms with van der Waals surface area (Å²) in [5, 5.41) is 2.74. The second-order valence-electron chi connectivity index (χ2n) is 5.30. The summed E-state index contributed by atoms with van der Waals surface area (Å²) >= 11 is 0. The molecule has 21 heavy (non-hydrogen) atoms. The van der Waals surface area contributed by atoms with Gasteiger partial charge in [0.05, 0.1) is 5.41 Å². The van der Waals surface area contributed by atoms with Gasteiger partial charge in [-0.25, -0.2) is 8.78 Å². The number of benzene rings is 1. The van der Waals surface area contributed by atoms with E-state index in [0.29, 0.717) is 26.1 Å². The van der Waals surface area contributed by atoms with E-state index in [2.05, 4.69) is 5.32 Å². The van der Waals surface area contributed by atoms with E-state index in [9.17, 15) is 13.6 Å². The number of ether oxygens (including phenoxy) is 1. The van der Waals surface area contributed by atoms with Gasteiger partial charge in [-0.3, -0.25) is 4.79 Å². The fourth-order valence-corrected chi connectivity index (χ4v) is 2.55. The third kappa shape index (κ3) is 3.57. The van der Waals surface area contributed by atoms with Crippen LogP contribution in [0.15, 0.2) is 18.2 Å². The molecule has 0 saturated carbocycles. The first-order valence-corrected chi connectivity index (χ1v) is 7.08. The highest BCUT2D eigenvalue weighted by Crippen LogP contribution is 2.29. The minimum absolute atomic E-state index is 0.00780. The quantitative estimate of drug-likeness (QED) is 0.863. The van der Waals surface area contributed by atoms with Crippen LogP contribution >= 0.6 is 0 Å². The number of amides is 1. The van der Waals surface area contributed by atoms with Crippen molar-refractivity contribution in [2.75, 3.05) is 26.3 Å². The standard InChI is InChI=1S/C15H20F2N2O2/c16-12-2-1-3-13(17)11(12)4-7-19-14(20)15(10-18)5-8-21-9-6-15/h1-3H,4-10,18H2,(H,19,20). The van der Waals surface area contributed by atoms with Gasteiger partial charge in [-0.1, -0.05) is 6.07 Å². The summed E-state index contributed by atoms with van der Waals surface area (Å²) in [6, 6.07) is 3.73. The largest absolute Gasteiger partial charge is 0.381 e. The number of halogens is 2. The van der Waals surface area contributed by atoms with Crippen molar-refractivity contribution in [3.05, 3.63) is 35.4 Å². The first-order valence-electron chi connectivity index (χ1n) is 7.08. The van der Waals surface area contributed by atoms with Gasteiger partial charge in [0, 0.05) is 31.9 Å². The molecule has 1 heterocycles. The highest BCUT2D eigenvalue weighted by Gasteiger charge is 2.38. The van der Waals surface area contributed by atoms with E-state index in [1.807, 2.05) is 0 Å². The molecule has 1 aromatic rings. The smallest absolute Gasteiger partial charge is 0.227 e. The van der Waals surface area contributed by atoms with Crippen LogP contribution in [0.3, 0.4) is 0 Å². The average molecular weight is 298 g/mol. The Labute approximate surface area is 122 Å². The lowest BCUT2D eigenvalue weighted by Crippen LogP contribution is -2.49. The molecule has 0 spiro atoms. The second kappa shape index (κ2) is 6.95. The molecule has 0 bridgehead atoms. The molecule has 0 radical (unpaired) electrons. The maximum atomic E-state index is 13.5. The average Bonchev–Trinajstić information content (AvgIpc) is 2.50. The van der Waals surface area contributed by atoms with Crippen molar-refractivity contribution in [3.63, 3.8) is 0 Å². The Balaban J connectivity index is 1.92. The Morgan fingerprint density at radius 2 is 1.90 bits per heavy atom. The van der Waals surface area contributed by atoms with E-state index in [4.69, 9.17) is 10.5 Å². The van der Waals surface area contributed by atoms with E-state index in [1.54, 1.807) is 0 Å². The monoisotopic (exact) mass is 298 g/mol. The lowest BCUT2D eigenvalue weighted by molar-refractivity contribution is -0.135. The number of carbonyl (C=O) groups excluding carboxylic acids is 1. The molecule has 0 aromatic heterocycles. The molecule has 1 aromatic carbocycles. The molecule has 1 aliphatic heterocycles. The van der Waals surface area contributed by atoms with Crippen LogP contribution in [0.5, 0.6) is 0 Å². The summed E-state index contributed by atoms with van der Waals surface area (Å²) in [6.45, 7) is 1.44. The molecular formula is C15H20F2N2O2. The number of hydrogen-bond donors (Lipinski definition) is 2. The Morgan fingerprint density at radius 1 is 1.29 bits per heavy atom. The van der Waals surface area contributed by atoms with Crippen molar-refractivity contribution in [1.82, 2.24) is 5.32 Å². The highest BCUT2D eigenvalue weighted by molar-refractivity contribution is 5.83. The normalized spacial score (nSPS) is 17.5. The van der Waals surface area contributed by atoms with Crippen molar-refractivity contribution in [1.29, 1.82) is 0 Å². The molecule has 1 saturated heterocycles. The van der Waals surface area contributed by atoms with Crippen LogP contribution in [0.2, 0.25) is 0 Å². The van der Waals surface area contributed by atoms with Crippen LogP contribution in [0.1, 0.15) is 18.4 Å². The van der Waals surface area contributed by atoms with E-state index in [-0.39, 0.29) is 31.0 Å². The summed E-state index contributed by atoms with van der Waals surface area (Å²) in [7, 11) is 0. The minimum Gasteiger partial charge on any atom is -0.381 e. The lowest BCUT2D eigenvalue weighted by atomic mass is 9.79. The van der Waals surface area contributed by atoms with E-state index >= 15 is 0 Å². The molecule has 1 amide bonds. The third-order valence-electron chi connectivity index (χ3n) is 4.04. The number of rotatable bonds is 5. The predicted octanol–water partition coefficient (Wildman–Crippen LogP) is 1.38. The summed E-state index contributed by atoms with van der Waals surface area (Å²) in [5.74, 6) is -1.35. The predicted molar refractivity (Wildman–Crippen MR) is 74.6 cm³/mol. The van der Waals surface area contributed by atoms with Crippen LogP contribution in [0.4, 0.5) is 8.78 Å². The zero-order valence-electron chi connectivity index (χ0n) is 11.8. The molecule has 6 heteroatoms. The highest BCUT2D eigenvalue weighted by atomic mass is 19.1. The minimum atomic E-state index is -0.619. The molecule has 0 atom stereocenters. The lowest BCUT2D eigenvalue weighted by Gasteiger charge is -2.34. The van der Waals surface area contributed by atoms with Crippen LogP contribution in [-0.4, -0.2) is 32.2 Å². The van der Waals surface area contributed by atoms with Crippen LogP contribution < -0.4 is 11.1 Å². The zero-order chi connectivity index (χ0) is 15.3. The van der Waals surface area contributed by atoms with E-state index < -0.39 is 17.0 Å². The summed E-state index contributed by atoms with van der Waals surface area (Å²) in [6.07, 6.45) is 1.26. The first-order chi connectivity index (χ1) is 10.1. The van der Waals surface area contributed by atoms with E-state index in [0.717, 1.165) is 0 Å². The van der Waals surface area contributed by atoms with Crippen LogP contribution in [-0.2, 0) is 16.0 Å². The van der Waals surface area contributed by atoms with Crippen molar-refractivity contribution in [2.24, 2.45) is 11.1 Å². The molecule has 3 N–H and O–H groups in total. The number of hydrogen-bond acceptors (Lipinski definition) is 3. The molecule has 116 valence electrons. The molecule has 1 fully saturated rings. The number of nitrogens with one attached hydrogen (secondary N) is 1. The summed E-state index contributed by atoms with van der Waals surface area (Å²) in [4.78, 5) is 12.3. The van der Waals surface area contributed by atoms with Gasteiger partial charge in [0.1, 0.15) is 11.6 Å². The number of carbonyl (C=O) groups is 1.